The summed E-state index contributed by atoms with van der Waals surface area (Å²) in [5.41, 5.74) is 3.03. The number of aliphatic hydroxyl groups is 1. The summed E-state index contributed by atoms with van der Waals surface area (Å²) in [7, 11) is 0. The molecular formula is C17H18O2. The van der Waals surface area contributed by atoms with E-state index in [2.05, 4.69) is 6.58 Å². The van der Waals surface area contributed by atoms with Crippen LogP contribution in [0.25, 0.3) is 0 Å². The van der Waals surface area contributed by atoms with Crippen molar-refractivity contribution in [3.05, 3.63) is 77.9 Å². The van der Waals surface area contributed by atoms with Crippen molar-refractivity contribution in [2.45, 2.75) is 19.6 Å². The number of allylic oxidation sites excluding steroid dienone is 1. The van der Waals surface area contributed by atoms with Crippen molar-refractivity contribution in [1.82, 2.24) is 0 Å². The molecule has 0 bridgehead atoms. The van der Waals surface area contributed by atoms with Gasteiger partial charge in [-0.2, -0.15) is 0 Å². The number of aliphatic hydroxyl groups excluding tert-OH is 1. The first-order valence-corrected chi connectivity index (χ1v) is 6.34. The molecule has 0 unspecified atom stereocenters. The van der Waals surface area contributed by atoms with Crippen LogP contribution in [0.4, 0.5) is 0 Å². The molecule has 0 fully saturated rings. The molecule has 2 aromatic rings. The van der Waals surface area contributed by atoms with Crippen LogP contribution in [0.2, 0.25) is 0 Å². The van der Waals surface area contributed by atoms with Crippen molar-refractivity contribution in [3.8, 4) is 5.75 Å². The number of benzene rings is 2. The Balaban J connectivity index is 2.17. The van der Waals surface area contributed by atoms with E-state index in [1.54, 1.807) is 0 Å². The van der Waals surface area contributed by atoms with E-state index < -0.39 is 0 Å². The smallest absolute Gasteiger partial charge is 0.123 e. The average Bonchev–Trinajstić information content (AvgIpc) is 2.47. The second kappa shape index (κ2) is 6.76. The van der Waals surface area contributed by atoms with E-state index in [-0.39, 0.29) is 6.61 Å². The van der Waals surface area contributed by atoms with Crippen molar-refractivity contribution in [1.29, 1.82) is 0 Å². The third-order valence-corrected chi connectivity index (χ3v) is 2.99. The quantitative estimate of drug-likeness (QED) is 0.800. The molecule has 0 atom stereocenters. The van der Waals surface area contributed by atoms with E-state index in [1.165, 1.54) is 0 Å². The second-order valence-corrected chi connectivity index (χ2v) is 4.32. The zero-order valence-electron chi connectivity index (χ0n) is 10.9. The lowest BCUT2D eigenvalue weighted by atomic mass is 10.0. The van der Waals surface area contributed by atoms with Crippen LogP contribution in [-0.2, 0) is 19.6 Å². The largest absolute Gasteiger partial charge is 0.489 e. The Kier molecular flexibility index (Phi) is 4.76. The first-order chi connectivity index (χ1) is 9.35. The summed E-state index contributed by atoms with van der Waals surface area (Å²) in [6.07, 6.45) is 2.52. The van der Waals surface area contributed by atoms with Crippen LogP contribution in [0.15, 0.2) is 61.2 Å². The van der Waals surface area contributed by atoms with Gasteiger partial charge in [0.2, 0.25) is 0 Å². The lowest BCUT2D eigenvalue weighted by molar-refractivity contribution is 0.275. The summed E-state index contributed by atoms with van der Waals surface area (Å²) in [5.74, 6) is 0.815. The fraction of sp³-hybridized carbons (Fsp3) is 0.176. The zero-order chi connectivity index (χ0) is 13.5. The summed E-state index contributed by atoms with van der Waals surface area (Å²) in [5, 5.41) is 9.36. The Morgan fingerprint density at radius 3 is 2.53 bits per heavy atom. The van der Waals surface area contributed by atoms with Crippen LogP contribution in [-0.4, -0.2) is 5.11 Å². The Bertz CT molecular complexity index is 532. The normalized spacial score (nSPS) is 10.2. The monoisotopic (exact) mass is 254 g/mol. The summed E-state index contributed by atoms with van der Waals surface area (Å²) in [6.45, 7) is 4.30. The molecule has 19 heavy (non-hydrogen) atoms. The molecule has 0 aromatic heterocycles. The maximum Gasteiger partial charge on any atom is 0.123 e. The standard InChI is InChI=1S/C17H18O2/c1-2-7-16-15(12-18)10-6-11-17(16)19-13-14-8-4-3-5-9-14/h2-6,8-11,18H,1,7,12-13H2. The minimum Gasteiger partial charge on any atom is -0.489 e. The highest BCUT2D eigenvalue weighted by atomic mass is 16.5. The topological polar surface area (TPSA) is 29.5 Å². The van der Waals surface area contributed by atoms with Crippen molar-refractivity contribution in [2.75, 3.05) is 0 Å². The van der Waals surface area contributed by atoms with Crippen LogP contribution >= 0.6 is 0 Å². The van der Waals surface area contributed by atoms with Crippen molar-refractivity contribution < 1.29 is 9.84 Å². The minimum absolute atomic E-state index is 0.0196. The highest BCUT2D eigenvalue weighted by Gasteiger charge is 2.07. The molecule has 0 spiro atoms. The van der Waals surface area contributed by atoms with Gasteiger partial charge >= 0.3 is 0 Å². The summed E-state index contributed by atoms with van der Waals surface area (Å²) >= 11 is 0. The molecule has 0 heterocycles. The molecule has 0 aliphatic carbocycles. The number of ether oxygens (including phenoxy) is 1. The van der Waals surface area contributed by atoms with E-state index in [1.807, 2.05) is 54.6 Å². The van der Waals surface area contributed by atoms with Gasteiger partial charge in [0, 0.05) is 5.56 Å². The van der Waals surface area contributed by atoms with E-state index in [9.17, 15) is 5.11 Å². The van der Waals surface area contributed by atoms with E-state index >= 15 is 0 Å². The van der Waals surface area contributed by atoms with Crippen LogP contribution in [0.1, 0.15) is 16.7 Å². The molecule has 0 amide bonds. The predicted molar refractivity (Wildman–Crippen MR) is 77.0 cm³/mol. The van der Waals surface area contributed by atoms with Gasteiger partial charge in [-0.15, -0.1) is 6.58 Å². The third-order valence-electron chi connectivity index (χ3n) is 2.99. The van der Waals surface area contributed by atoms with Crippen LogP contribution < -0.4 is 4.74 Å². The summed E-state index contributed by atoms with van der Waals surface area (Å²) in [6, 6.07) is 15.8. The lowest BCUT2D eigenvalue weighted by Gasteiger charge is -2.13. The Labute approximate surface area is 114 Å². The highest BCUT2D eigenvalue weighted by Crippen LogP contribution is 2.24. The number of hydrogen-bond donors (Lipinski definition) is 1. The van der Waals surface area contributed by atoms with Gasteiger partial charge in [0.25, 0.3) is 0 Å². The SMILES string of the molecule is C=CCc1c(CO)cccc1OCc1ccccc1. The van der Waals surface area contributed by atoms with Gasteiger partial charge in [-0.05, 0) is 23.6 Å². The molecule has 98 valence electrons. The number of hydrogen-bond acceptors (Lipinski definition) is 2. The maximum absolute atomic E-state index is 9.36. The van der Waals surface area contributed by atoms with Gasteiger partial charge in [0.05, 0.1) is 6.61 Å². The Hall–Kier alpha value is -2.06. The Morgan fingerprint density at radius 1 is 1.05 bits per heavy atom. The maximum atomic E-state index is 9.36. The molecule has 2 heteroatoms. The summed E-state index contributed by atoms with van der Waals surface area (Å²) in [4.78, 5) is 0. The predicted octanol–water partition coefficient (Wildman–Crippen LogP) is 3.49. The first-order valence-electron chi connectivity index (χ1n) is 6.34. The van der Waals surface area contributed by atoms with Gasteiger partial charge in [0.1, 0.15) is 12.4 Å². The molecule has 2 rings (SSSR count). The molecule has 2 nitrogen and oxygen atoms in total. The molecule has 0 saturated heterocycles. The van der Waals surface area contributed by atoms with Crippen molar-refractivity contribution >= 4 is 0 Å². The van der Waals surface area contributed by atoms with Gasteiger partial charge in [0.15, 0.2) is 0 Å². The minimum atomic E-state index is 0.0196. The summed E-state index contributed by atoms with van der Waals surface area (Å²) < 4.78 is 5.86. The second-order valence-electron chi connectivity index (χ2n) is 4.32. The lowest BCUT2D eigenvalue weighted by Crippen LogP contribution is -2.01. The molecule has 0 aliphatic heterocycles. The van der Waals surface area contributed by atoms with Crippen molar-refractivity contribution in [3.63, 3.8) is 0 Å². The van der Waals surface area contributed by atoms with Crippen LogP contribution in [0.3, 0.4) is 0 Å². The molecule has 2 aromatic carbocycles. The third kappa shape index (κ3) is 3.46. The molecule has 0 aliphatic rings. The first kappa shape index (κ1) is 13.4. The molecular weight excluding hydrogens is 236 g/mol. The van der Waals surface area contributed by atoms with E-state index in [0.717, 1.165) is 22.4 Å². The Morgan fingerprint density at radius 2 is 1.84 bits per heavy atom. The fourth-order valence-corrected chi connectivity index (χ4v) is 2.01. The highest BCUT2D eigenvalue weighted by molar-refractivity contribution is 5.41. The molecule has 0 radical (unpaired) electrons. The van der Waals surface area contributed by atoms with Crippen LogP contribution in [0.5, 0.6) is 5.75 Å². The average molecular weight is 254 g/mol. The van der Waals surface area contributed by atoms with Crippen molar-refractivity contribution in [2.24, 2.45) is 0 Å². The zero-order valence-corrected chi connectivity index (χ0v) is 10.9. The van der Waals surface area contributed by atoms with Gasteiger partial charge in [-0.3, -0.25) is 0 Å². The number of rotatable bonds is 6. The van der Waals surface area contributed by atoms with Gasteiger partial charge < -0.3 is 9.84 Å². The van der Waals surface area contributed by atoms with Crippen LogP contribution in [0, 0.1) is 0 Å². The molecule has 1 N–H and O–H groups in total. The molecule has 0 saturated carbocycles. The van der Waals surface area contributed by atoms with E-state index in [4.69, 9.17) is 4.74 Å². The van der Waals surface area contributed by atoms with E-state index in [0.29, 0.717) is 13.0 Å². The van der Waals surface area contributed by atoms with Gasteiger partial charge in [-0.25, -0.2) is 0 Å². The fourth-order valence-electron chi connectivity index (χ4n) is 2.01. The van der Waals surface area contributed by atoms with Gasteiger partial charge in [-0.1, -0.05) is 48.5 Å².